The summed E-state index contributed by atoms with van der Waals surface area (Å²) in [5, 5.41) is 16.5. The Bertz CT molecular complexity index is 1590. The lowest BCUT2D eigenvalue weighted by Crippen LogP contribution is -2.46. The largest absolute Gasteiger partial charge is 0.353 e. The van der Waals surface area contributed by atoms with Crippen LogP contribution in [0.3, 0.4) is 0 Å². The Kier molecular flexibility index (Phi) is 5.92. The molecule has 0 radical (unpaired) electrons. The van der Waals surface area contributed by atoms with Gasteiger partial charge in [-0.3, -0.25) is 4.90 Å². The minimum absolute atomic E-state index is 0.476. The maximum absolute atomic E-state index is 9.37. The van der Waals surface area contributed by atoms with E-state index >= 15 is 0 Å². The second-order valence-corrected chi connectivity index (χ2v) is 8.89. The zero-order valence-electron chi connectivity index (χ0n) is 20.2. The lowest BCUT2D eigenvalue weighted by atomic mass is 10.2. The van der Waals surface area contributed by atoms with Crippen molar-refractivity contribution in [1.29, 1.82) is 5.26 Å². The van der Waals surface area contributed by atoms with Gasteiger partial charge in [-0.05, 0) is 55.0 Å². The molecule has 1 aromatic carbocycles. The van der Waals surface area contributed by atoms with Gasteiger partial charge in [-0.1, -0.05) is 5.16 Å². The van der Waals surface area contributed by atoms with Crippen molar-refractivity contribution in [3.05, 3.63) is 71.8 Å². The topological polar surface area (TPSA) is 136 Å². The molecule has 0 unspecified atom stereocenters. The number of imidazole rings is 1. The minimum Gasteiger partial charge on any atom is -0.353 e. The number of anilines is 3. The molecule has 6 rings (SSSR count). The summed E-state index contributed by atoms with van der Waals surface area (Å²) in [5.41, 5.74) is 4.29. The van der Waals surface area contributed by atoms with Gasteiger partial charge >= 0.3 is 0 Å². The summed E-state index contributed by atoms with van der Waals surface area (Å²) in [5.74, 6) is 3.16. The van der Waals surface area contributed by atoms with Crippen molar-refractivity contribution in [1.82, 2.24) is 35.0 Å². The fourth-order valence-corrected chi connectivity index (χ4v) is 4.49. The van der Waals surface area contributed by atoms with Gasteiger partial charge in [-0.2, -0.15) is 10.2 Å². The van der Waals surface area contributed by atoms with E-state index in [0.29, 0.717) is 23.2 Å². The highest BCUT2D eigenvalue weighted by Crippen LogP contribution is 2.24. The highest BCUT2D eigenvalue weighted by Gasteiger charge is 2.20. The first kappa shape index (κ1) is 22.6. The van der Waals surface area contributed by atoms with Crippen molar-refractivity contribution >= 4 is 28.6 Å². The van der Waals surface area contributed by atoms with E-state index in [4.69, 9.17) is 4.52 Å². The van der Waals surface area contributed by atoms with Crippen molar-refractivity contribution in [3.8, 4) is 17.5 Å². The number of rotatable bonds is 6. The number of pyridine rings is 2. The van der Waals surface area contributed by atoms with Gasteiger partial charge in [0.2, 0.25) is 5.95 Å². The van der Waals surface area contributed by atoms with Crippen LogP contribution in [0.25, 0.3) is 22.5 Å². The average Bonchev–Trinajstić information content (AvgIpc) is 3.54. The van der Waals surface area contributed by atoms with E-state index in [2.05, 4.69) is 51.3 Å². The molecule has 1 saturated heterocycles. The second kappa shape index (κ2) is 9.67. The van der Waals surface area contributed by atoms with Crippen LogP contribution < -0.4 is 10.2 Å². The first-order chi connectivity index (χ1) is 18.1. The van der Waals surface area contributed by atoms with Crippen LogP contribution in [0.1, 0.15) is 17.0 Å². The zero-order valence-corrected chi connectivity index (χ0v) is 20.2. The summed E-state index contributed by atoms with van der Waals surface area (Å²) in [6, 6.07) is 15.7. The number of nitrogens with one attached hydrogen (secondary N) is 2. The summed E-state index contributed by atoms with van der Waals surface area (Å²) in [7, 11) is 0. The first-order valence-corrected chi connectivity index (χ1v) is 12.0. The zero-order chi connectivity index (χ0) is 25.2. The maximum Gasteiger partial charge on any atom is 0.257 e. The number of nitrogens with zero attached hydrogens (tertiary/aromatic N) is 8. The molecule has 0 atom stereocenters. The van der Waals surface area contributed by atoms with Gasteiger partial charge in [-0.15, -0.1) is 0 Å². The Morgan fingerprint density at radius 2 is 1.95 bits per heavy atom. The summed E-state index contributed by atoms with van der Waals surface area (Å²) in [4.78, 5) is 25.7. The number of nitriles is 1. The molecule has 0 saturated carbocycles. The van der Waals surface area contributed by atoms with Crippen molar-refractivity contribution in [2.75, 3.05) is 36.4 Å². The number of aromatic nitrogens is 6. The first-order valence-electron chi connectivity index (χ1n) is 12.0. The molecule has 5 heterocycles. The molecule has 37 heavy (non-hydrogen) atoms. The van der Waals surface area contributed by atoms with Gasteiger partial charge in [0.05, 0.1) is 16.6 Å². The molecular weight excluding hydrogens is 468 g/mol. The third-order valence-corrected chi connectivity index (χ3v) is 6.31. The molecule has 184 valence electrons. The van der Waals surface area contributed by atoms with Gasteiger partial charge in [0.25, 0.3) is 5.89 Å². The van der Waals surface area contributed by atoms with Gasteiger partial charge in [-0.25, -0.2) is 15.0 Å². The van der Waals surface area contributed by atoms with E-state index in [1.54, 1.807) is 25.4 Å². The summed E-state index contributed by atoms with van der Waals surface area (Å²) < 4.78 is 5.27. The fourth-order valence-electron chi connectivity index (χ4n) is 4.49. The number of aryl methyl sites for hydroxylation is 1. The number of H-pyrrole nitrogens is 1. The predicted octanol–water partition coefficient (Wildman–Crippen LogP) is 3.65. The molecular formula is C26H24N10O. The number of aromatic amines is 1. The van der Waals surface area contributed by atoms with Crippen LogP contribution in [-0.4, -0.2) is 61.2 Å². The molecule has 1 fully saturated rings. The molecule has 2 N–H and O–H groups in total. The van der Waals surface area contributed by atoms with Crippen LogP contribution in [-0.2, 0) is 6.54 Å². The average molecular weight is 493 g/mol. The highest BCUT2D eigenvalue weighted by molar-refractivity contribution is 5.82. The molecule has 0 aliphatic carbocycles. The lowest BCUT2D eigenvalue weighted by molar-refractivity contribution is 0.249. The van der Waals surface area contributed by atoms with Gasteiger partial charge in [0.1, 0.15) is 17.7 Å². The van der Waals surface area contributed by atoms with E-state index in [9.17, 15) is 5.26 Å². The Morgan fingerprint density at radius 3 is 2.76 bits per heavy atom. The molecule has 5 aromatic rings. The number of fused-ring (bicyclic) bond motifs is 1. The molecule has 1 aliphatic heterocycles. The quantitative estimate of drug-likeness (QED) is 0.361. The van der Waals surface area contributed by atoms with Crippen molar-refractivity contribution in [2.24, 2.45) is 0 Å². The summed E-state index contributed by atoms with van der Waals surface area (Å²) in [6.45, 7) is 6.03. The fraction of sp³-hybridized carbons (Fsp3) is 0.231. The highest BCUT2D eigenvalue weighted by atomic mass is 16.5. The van der Waals surface area contributed by atoms with Crippen LogP contribution in [0.15, 0.2) is 59.4 Å². The van der Waals surface area contributed by atoms with Crippen LogP contribution >= 0.6 is 0 Å². The van der Waals surface area contributed by atoms with E-state index in [1.807, 2.05) is 36.4 Å². The third-order valence-electron chi connectivity index (χ3n) is 6.31. The van der Waals surface area contributed by atoms with Gasteiger partial charge < -0.3 is 19.7 Å². The van der Waals surface area contributed by atoms with Gasteiger partial charge in [0.15, 0.2) is 5.82 Å². The van der Waals surface area contributed by atoms with Crippen LogP contribution in [0.5, 0.6) is 0 Å². The number of benzene rings is 1. The Balaban J connectivity index is 1.10. The molecule has 0 amide bonds. The van der Waals surface area contributed by atoms with Crippen LogP contribution in [0.4, 0.5) is 17.6 Å². The van der Waals surface area contributed by atoms with E-state index in [-0.39, 0.29) is 0 Å². The minimum atomic E-state index is 0.476. The normalized spacial score (nSPS) is 14.1. The predicted molar refractivity (Wildman–Crippen MR) is 138 cm³/mol. The van der Waals surface area contributed by atoms with E-state index < -0.39 is 0 Å². The standard InChI is InChI=1S/C26H24N10O/c1-17-30-25(37-34-17)19-4-5-21-22(14-19)32-26(31-21)33-23-13-18(6-8-28-23)16-35-9-11-36(12-10-35)24-20(15-27)3-2-7-29-24/h2-8,13-14H,9-12,16H2,1H3,(H2,28,31,32,33). The molecule has 1 aliphatic rings. The van der Waals surface area contributed by atoms with E-state index in [1.165, 1.54) is 0 Å². The molecule has 0 spiro atoms. The summed E-state index contributed by atoms with van der Waals surface area (Å²) in [6.07, 6.45) is 3.54. The van der Waals surface area contributed by atoms with Crippen LogP contribution in [0.2, 0.25) is 0 Å². The number of hydrogen-bond donors (Lipinski definition) is 2. The van der Waals surface area contributed by atoms with Crippen molar-refractivity contribution in [2.45, 2.75) is 13.5 Å². The third kappa shape index (κ3) is 4.82. The Hall–Kier alpha value is -4.82. The molecule has 11 nitrogen and oxygen atoms in total. The SMILES string of the molecule is Cc1noc(-c2ccc3nc(Nc4cc(CN5CCN(c6ncccc6C#N)CC5)ccn4)[nH]c3c2)n1. The Labute approximate surface area is 212 Å². The second-order valence-electron chi connectivity index (χ2n) is 8.89. The maximum atomic E-state index is 9.37. The number of hydrogen-bond acceptors (Lipinski definition) is 10. The van der Waals surface area contributed by atoms with Crippen molar-refractivity contribution in [3.63, 3.8) is 0 Å². The van der Waals surface area contributed by atoms with E-state index in [0.717, 1.165) is 66.5 Å². The molecule has 0 bridgehead atoms. The monoisotopic (exact) mass is 492 g/mol. The molecule has 11 heteroatoms. The van der Waals surface area contributed by atoms with Gasteiger partial charge in [0, 0.05) is 50.7 Å². The van der Waals surface area contributed by atoms with Crippen molar-refractivity contribution < 1.29 is 4.52 Å². The smallest absolute Gasteiger partial charge is 0.257 e. The number of piperazine rings is 1. The Morgan fingerprint density at radius 1 is 1.05 bits per heavy atom. The molecule has 4 aromatic heterocycles. The summed E-state index contributed by atoms with van der Waals surface area (Å²) >= 11 is 0. The van der Waals surface area contributed by atoms with Crippen LogP contribution in [0, 0.1) is 18.3 Å². The lowest BCUT2D eigenvalue weighted by Gasteiger charge is -2.35.